The van der Waals surface area contributed by atoms with Gasteiger partial charge in [-0.15, -0.1) is 0 Å². The molecule has 0 amide bonds. The molecule has 1 N–H and O–H groups in total. The highest BCUT2D eigenvalue weighted by atomic mass is 35.5. The van der Waals surface area contributed by atoms with Gasteiger partial charge in [-0.3, -0.25) is 0 Å². The second-order valence-electron chi connectivity index (χ2n) is 6.57. The molecule has 2 aromatic carbocycles. The lowest BCUT2D eigenvalue weighted by molar-refractivity contribution is 0.450. The number of fused-ring (bicyclic) bond motifs is 2. The lowest BCUT2D eigenvalue weighted by Crippen LogP contribution is -2.22. The number of aromatic amines is 1. The summed E-state index contributed by atoms with van der Waals surface area (Å²) < 4.78 is 0. The van der Waals surface area contributed by atoms with Gasteiger partial charge in [0.15, 0.2) is 0 Å². The molecule has 1 unspecified atom stereocenters. The Morgan fingerprint density at radius 1 is 1.14 bits per heavy atom. The molecule has 0 spiro atoms. The Balaban J connectivity index is 1.87. The molecule has 1 heterocycles. The van der Waals surface area contributed by atoms with Gasteiger partial charge in [0.1, 0.15) is 0 Å². The maximum absolute atomic E-state index is 6.10. The molecule has 106 valence electrons. The lowest BCUT2D eigenvalue weighted by atomic mass is 9.75. The van der Waals surface area contributed by atoms with E-state index in [9.17, 15) is 0 Å². The van der Waals surface area contributed by atoms with Crippen LogP contribution in [-0.2, 0) is 11.8 Å². The van der Waals surface area contributed by atoms with Gasteiger partial charge in [0.25, 0.3) is 0 Å². The van der Waals surface area contributed by atoms with Crippen LogP contribution in [0.1, 0.15) is 36.5 Å². The van der Waals surface area contributed by atoms with Gasteiger partial charge in [0, 0.05) is 22.1 Å². The van der Waals surface area contributed by atoms with Gasteiger partial charge in [-0.05, 0) is 46.6 Å². The van der Waals surface area contributed by atoms with Gasteiger partial charge >= 0.3 is 0 Å². The molecule has 0 fully saturated rings. The van der Waals surface area contributed by atoms with Crippen LogP contribution in [0.5, 0.6) is 0 Å². The monoisotopic (exact) mass is 295 g/mol. The van der Waals surface area contributed by atoms with Crippen molar-refractivity contribution in [1.29, 1.82) is 0 Å². The molecule has 1 nitrogen and oxygen atoms in total. The average Bonchev–Trinajstić information content (AvgIpc) is 2.98. The second-order valence-corrected chi connectivity index (χ2v) is 7.01. The minimum Gasteiger partial charge on any atom is -0.361 e. The number of H-pyrrole nitrogens is 1. The zero-order valence-corrected chi connectivity index (χ0v) is 13.0. The first-order valence-electron chi connectivity index (χ1n) is 7.42. The molecular formula is C19H18ClN. The summed E-state index contributed by atoms with van der Waals surface area (Å²) >= 11 is 6.10. The van der Waals surface area contributed by atoms with Crippen LogP contribution >= 0.6 is 11.6 Å². The zero-order chi connectivity index (χ0) is 14.6. The summed E-state index contributed by atoms with van der Waals surface area (Å²) in [6, 6.07) is 15.0. The van der Waals surface area contributed by atoms with Crippen molar-refractivity contribution in [2.75, 3.05) is 0 Å². The number of hydrogen-bond donors (Lipinski definition) is 1. The summed E-state index contributed by atoms with van der Waals surface area (Å²) in [5.41, 5.74) is 5.66. The fourth-order valence-electron chi connectivity index (χ4n) is 3.90. The van der Waals surface area contributed by atoms with E-state index < -0.39 is 0 Å². The molecule has 21 heavy (non-hydrogen) atoms. The van der Waals surface area contributed by atoms with Crippen molar-refractivity contribution < 1.29 is 0 Å². The summed E-state index contributed by atoms with van der Waals surface area (Å²) in [5.74, 6) is 0.504. The van der Waals surface area contributed by atoms with E-state index in [0.29, 0.717) is 5.92 Å². The fourth-order valence-corrected chi connectivity index (χ4v) is 4.07. The maximum atomic E-state index is 6.10. The minimum atomic E-state index is 0.158. The predicted octanol–water partition coefficient (Wildman–Crippen LogP) is 5.44. The number of benzene rings is 2. The van der Waals surface area contributed by atoms with Gasteiger partial charge in [0.2, 0.25) is 0 Å². The van der Waals surface area contributed by atoms with Gasteiger partial charge < -0.3 is 4.98 Å². The maximum Gasteiger partial charge on any atom is 0.0471 e. The minimum absolute atomic E-state index is 0.158. The Morgan fingerprint density at radius 2 is 1.95 bits per heavy atom. The summed E-state index contributed by atoms with van der Waals surface area (Å²) in [7, 11) is 0. The molecule has 4 rings (SSSR count). The van der Waals surface area contributed by atoms with E-state index in [4.69, 9.17) is 11.6 Å². The number of halogens is 1. The highest BCUT2D eigenvalue weighted by Gasteiger charge is 2.40. The van der Waals surface area contributed by atoms with Crippen LogP contribution in [0.4, 0.5) is 0 Å². The quantitative estimate of drug-likeness (QED) is 0.615. The Morgan fingerprint density at radius 3 is 2.76 bits per heavy atom. The molecule has 1 atom stereocenters. The molecule has 1 aliphatic carbocycles. The van der Waals surface area contributed by atoms with Gasteiger partial charge in [-0.25, -0.2) is 0 Å². The third-order valence-electron chi connectivity index (χ3n) is 5.06. The first-order valence-corrected chi connectivity index (χ1v) is 7.80. The number of nitrogens with one attached hydrogen (secondary N) is 1. The molecule has 0 saturated heterocycles. The van der Waals surface area contributed by atoms with E-state index >= 15 is 0 Å². The van der Waals surface area contributed by atoms with Crippen molar-refractivity contribution in [3.05, 3.63) is 70.4 Å². The number of aromatic nitrogens is 1. The molecule has 0 bridgehead atoms. The van der Waals surface area contributed by atoms with Gasteiger partial charge in [-0.2, -0.15) is 0 Å². The van der Waals surface area contributed by atoms with Crippen LogP contribution in [0.2, 0.25) is 5.02 Å². The van der Waals surface area contributed by atoms with Crippen LogP contribution in [0.25, 0.3) is 10.9 Å². The van der Waals surface area contributed by atoms with Crippen molar-refractivity contribution in [2.45, 2.75) is 31.6 Å². The Bertz CT molecular complexity index is 828. The molecule has 3 aromatic rings. The van der Waals surface area contributed by atoms with Crippen LogP contribution < -0.4 is 0 Å². The molecule has 1 aliphatic rings. The van der Waals surface area contributed by atoms with Crippen LogP contribution in [-0.4, -0.2) is 4.98 Å². The molecule has 1 aromatic heterocycles. The molecule has 2 heteroatoms. The first-order chi connectivity index (χ1) is 10.1. The topological polar surface area (TPSA) is 15.8 Å². The third kappa shape index (κ3) is 1.84. The van der Waals surface area contributed by atoms with Crippen molar-refractivity contribution in [2.24, 2.45) is 0 Å². The van der Waals surface area contributed by atoms with E-state index in [1.165, 1.54) is 22.1 Å². The predicted molar refractivity (Wildman–Crippen MR) is 89.2 cm³/mol. The summed E-state index contributed by atoms with van der Waals surface area (Å²) in [4.78, 5) is 3.39. The van der Waals surface area contributed by atoms with E-state index in [1.807, 2.05) is 12.1 Å². The van der Waals surface area contributed by atoms with Crippen LogP contribution in [0.3, 0.4) is 0 Å². The zero-order valence-electron chi connectivity index (χ0n) is 12.3. The lowest BCUT2D eigenvalue weighted by Gasteiger charge is -2.28. The Hall–Kier alpha value is -1.73. The standard InChI is InChI=1S/C19H18ClN/c1-19(2)16-6-4-3-5-12(16)9-17(19)15-11-21-18-10-13(20)7-8-14(15)18/h3-8,10-11,17,21H,9H2,1-2H3. The normalized spacial score (nSPS) is 19.9. The molecule has 0 saturated carbocycles. The molecule has 0 radical (unpaired) electrons. The molecule has 0 aliphatic heterocycles. The second kappa shape index (κ2) is 4.38. The number of rotatable bonds is 1. The highest BCUT2D eigenvalue weighted by molar-refractivity contribution is 6.31. The number of hydrogen-bond acceptors (Lipinski definition) is 0. The van der Waals surface area contributed by atoms with E-state index in [1.54, 1.807) is 0 Å². The van der Waals surface area contributed by atoms with Crippen LogP contribution in [0, 0.1) is 0 Å². The van der Waals surface area contributed by atoms with Crippen LogP contribution in [0.15, 0.2) is 48.7 Å². The third-order valence-corrected chi connectivity index (χ3v) is 5.29. The van der Waals surface area contributed by atoms with E-state index in [0.717, 1.165) is 17.0 Å². The Kier molecular flexibility index (Phi) is 2.71. The van der Waals surface area contributed by atoms with E-state index in [-0.39, 0.29) is 5.41 Å². The van der Waals surface area contributed by atoms with Crippen molar-refractivity contribution in [1.82, 2.24) is 4.98 Å². The largest absolute Gasteiger partial charge is 0.361 e. The Labute approximate surface area is 130 Å². The first kappa shape index (κ1) is 13.0. The summed E-state index contributed by atoms with van der Waals surface area (Å²) in [5, 5.41) is 2.08. The van der Waals surface area contributed by atoms with Gasteiger partial charge in [0.05, 0.1) is 0 Å². The molecular weight excluding hydrogens is 278 g/mol. The summed E-state index contributed by atoms with van der Waals surface area (Å²) in [6.07, 6.45) is 3.28. The van der Waals surface area contributed by atoms with Crippen molar-refractivity contribution in [3.63, 3.8) is 0 Å². The fraction of sp³-hybridized carbons (Fsp3) is 0.263. The average molecular weight is 296 g/mol. The van der Waals surface area contributed by atoms with Crippen molar-refractivity contribution >= 4 is 22.5 Å². The SMILES string of the molecule is CC1(C)c2ccccc2CC1c1c[nH]c2cc(Cl)ccc12. The summed E-state index contributed by atoms with van der Waals surface area (Å²) in [6.45, 7) is 4.72. The van der Waals surface area contributed by atoms with E-state index in [2.05, 4.69) is 55.4 Å². The highest BCUT2D eigenvalue weighted by Crippen LogP contribution is 2.49. The van der Waals surface area contributed by atoms with Gasteiger partial charge in [-0.1, -0.05) is 55.8 Å². The smallest absolute Gasteiger partial charge is 0.0471 e. The van der Waals surface area contributed by atoms with Crippen molar-refractivity contribution in [3.8, 4) is 0 Å².